The second-order valence-electron chi connectivity index (χ2n) is 6.39. The molecule has 0 aliphatic heterocycles. The van der Waals surface area contributed by atoms with E-state index in [0.29, 0.717) is 25.7 Å². The summed E-state index contributed by atoms with van der Waals surface area (Å²) >= 11 is 2.23. The van der Waals surface area contributed by atoms with E-state index in [9.17, 15) is 14.4 Å². The minimum absolute atomic E-state index is 0.303. The summed E-state index contributed by atoms with van der Waals surface area (Å²) in [7, 11) is 3.97. The number of hydrogen-bond donors (Lipinski definition) is 0. The third-order valence-electron chi connectivity index (χ3n) is 5.87. The molecule has 0 spiro atoms. The SMILES string of the molecule is COC(=O)C12CC3(C(=O)OC)CC1(I)CC3(C(=O)OC)C2. The van der Waals surface area contributed by atoms with Crippen molar-refractivity contribution in [1.29, 1.82) is 0 Å². The number of alkyl halides is 1. The van der Waals surface area contributed by atoms with Gasteiger partial charge >= 0.3 is 17.9 Å². The summed E-state index contributed by atoms with van der Waals surface area (Å²) in [6.45, 7) is 0. The molecule has 4 bridgehead atoms. The lowest BCUT2D eigenvalue weighted by molar-refractivity contribution is -0.172. The van der Waals surface area contributed by atoms with Crippen molar-refractivity contribution in [3.63, 3.8) is 0 Å². The van der Waals surface area contributed by atoms with E-state index >= 15 is 0 Å². The van der Waals surface area contributed by atoms with Gasteiger partial charge < -0.3 is 14.2 Å². The number of carbonyl (C=O) groups excluding carboxylic acids is 3. The third-order valence-corrected chi connectivity index (χ3v) is 7.67. The zero-order valence-corrected chi connectivity index (χ0v) is 14.3. The third kappa shape index (κ3) is 1.33. The molecule has 6 nitrogen and oxygen atoms in total. The molecule has 0 radical (unpaired) electrons. The van der Waals surface area contributed by atoms with Gasteiger partial charge in [-0.3, -0.25) is 14.4 Å². The van der Waals surface area contributed by atoms with Crippen LogP contribution in [0.15, 0.2) is 0 Å². The standard InChI is InChI=1S/C14H17IO6/c1-19-8(16)11-4-13(10(18)21-3)5-12(11,9(17)20-2)7-14(13,15)6-11/h4-7H2,1-3H3. The molecule has 4 aliphatic rings. The van der Waals surface area contributed by atoms with Crippen molar-refractivity contribution < 1.29 is 28.6 Å². The summed E-state index contributed by atoms with van der Waals surface area (Å²) in [5, 5.41) is 0. The molecule has 0 N–H and O–H groups in total. The normalized spacial score (nSPS) is 45.7. The van der Waals surface area contributed by atoms with Gasteiger partial charge in [0.05, 0.1) is 37.6 Å². The summed E-state index contributed by atoms with van der Waals surface area (Å²) < 4.78 is 14.5. The average Bonchev–Trinajstić information content (AvgIpc) is 3.08. The molecule has 0 saturated heterocycles. The fourth-order valence-electron chi connectivity index (χ4n) is 5.16. The number of hydrogen-bond acceptors (Lipinski definition) is 6. The molecule has 21 heavy (non-hydrogen) atoms. The van der Waals surface area contributed by atoms with Gasteiger partial charge in [0, 0.05) is 3.42 Å². The molecule has 4 saturated carbocycles. The Hall–Kier alpha value is -0.860. The predicted octanol–water partition coefficient (Wildman–Crippen LogP) is 1.24. The van der Waals surface area contributed by atoms with Crippen molar-refractivity contribution in [3.8, 4) is 0 Å². The minimum Gasteiger partial charge on any atom is -0.469 e. The van der Waals surface area contributed by atoms with Gasteiger partial charge in [-0.2, -0.15) is 0 Å². The van der Waals surface area contributed by atoms with Crippen LogP contribution in [0.4, 0.5) is 0 Å². The van der Waals surface area contributed by atoms with E-state index < -0.39 is 31.6 Å². The van der Waals surface area contributed by atoms with Crippen molar-refractivity contribution in [2.24, 2.45) is 16.2 Å². The molecule has 0 amide bonds. The van der Waals surface area contributed by atoms with Crippen molar-refractivity contribution in [1.82, 2.24) is 0 Å². The van der Waals surface area contributed by atoms with E-state index in [-0.39, 0.29) is 5.97 Å². The Morgan fingerprint density at radius 3 is 1.38 bits per heavy atom. The molecule has 116 valence electrons. The fourth-order valence-corrected chi connectivity index (χ4v) is 7.07. The van der Waals surface area contributed by atoms with Gasteiger partial charge in [0.2, 0.25) is 0 Å². The van der Waals surface area contributed by atoms with E-state index in [4.69, 9.17) is 14.2 Å². The first kappa shape index (κ1) is 15.1. The van der Waals surface area contributed by atoms with Gasteiger partial charge in [0.25, 0.3) is 0 Å². The predicted molar refractivity (Wildman–Crippen MR) is 78.6 cm³/mol. The van der Waals surface area contributed by atoms with E-state index in [1.165, 1.54) is 21.3 Å². The quantitative estimate of drug-likeness (QED) is 0.303. The lowest BCUT2D eigenvalue weighted by Crippen LogP contribution is -2.46. The van der Waals surface area contributed by atoms with Gasteiger partial charge in [-0.15, -0.1) is 0 Å². The molecule has 0 aromatic rings. The summed E-state index contributed by atoms with van der Waals surface area (Å²) in [5.41, 5.74) is -2.74. The summed E-state index contributed by atoms with van der Waals surface area (Å²) in [6, 6.07) is 0. The average molecular weight is 408 g/mol. The van der Waals surface area contributed by atoms with Crippen LogP contribution in [0.3, 0.4) is 0 Å². The monoisotopic (exact) mass is 408 g/mol. The van der Waals surface area contributed by atoms with Crippen LogP contribution < -0.4 is 0 Å². The van der Waals surface area contributed by atoms with Gasteiger partial charge in [-0.1, -0.05) is 22.6 Å². The summed E-state index contributed by atoms with van der Waals surface area (Å²) in [4.78, 5) is 37.3. The van der Waals surface area contributed by atoms with Crippen molar-refractivity contribution in [2.45, 2.75) is 29.1 Å². The smallest absolute Gasteiger partial charge is 0.313 e. The molecule has 4 fully saturated rings. The molecule has 0 aromatic heterocycles. The molecule has 2 atom stereocenters. The highest BCUT2D eigenvalue weighted by molar-refractivity contribution is 14.1. The first-order valence-corrected chi connectivity index (χ1v) is 7.80. The molecule has 2 unspecified atom stereocenters. The van der Waals surface area contributed by atoms with Crippen LogP contribution in [-0.2, 0) is 28.6 Å². The highest BCUT2D eigenvalue weighted by Crippen LogP contribution is 2.86. The van der Waals surface area contributed by atoms with Gasteiger partial charge in [-0.05, 0) is 25.7 Å². The Bertz CT molecular complexity index is 524. The summed E-state index contributed by atoms with van der Waals surface area (Å²) in [5.74, 6) is -1.18. The topological polar surface area (TPSA) is 78.9 Å². The molecule has 4 rings (SSSR count). The second kappa shape index (κ2) is 4.11. The Labute approximate surface area is 136 Å². The number of ether oxygens (including phenoxy) is 3. The zero-order chi connectivity index (χ0) is 15.7. The largest absolute Gasteiger partial charge is 0.469 e. The Kier molecular flexibility index (Phi) is 2.95. The van der Waals surface area contributed by atoms with Crippen molar-refractivity contribution >= 4 is 40.5 Å². The van der Waals surface area contributed by atoms with Crippen molar-refractivity contribution in [2.75, 3.05) is 21.3 Å². The van der Waals surface area contributed by atoms with Crippen molar-refractivity contribution in [3.05, 3.63) is 0 Å². The number of rotatable bonds is 3. The van der Waals surface area contributed by atoms with Crippen LogP contribution in [0.2, 0.25) is 0 Å². The number of esters is 3. The number of halogens is 1. The first-order valence-electron chi connectivity index (χ1n) is 6.72. The number of carbonyl (C=O) groups is 3. The van der Waals surface area contributed by atoms with Crippen LogP contribution in [0, 0.1) is 16.2 Å². The van der Waals surface area contributed by atoms with E-state index in [0.717, 1.165) is 0 Å². The van der Waals surface area contributed by atoms with E-state index in [1.54, 1.807) is 0 Å². The molecule has 0 aromatic carbocycles. The summed E-state index contributed by atoms with van der Waals surface area (Å²) in [6.07, 6.45) is 1.52. The fraction of sp³-hybridized carbons (Fsp3) is 0.786. The number of methoxy groups -OCH3 is 3. The maximum absolute atomic E-state index is 12.5. The molecular weight excluding hydrogens is 391 g/mol. The zero-order valence-electron chi connectivity index (χ0n) is 12.2. The maximum atomic E-state index is 12.5. The second-order valence-corrected chi connectivity index (χ2v) is 8.46. The van der Waals surface area contributed by atoms with E-state index in [1.807, 2.05) is 0 Å². The molecule has 7 heteroatoms. The first-order chi connectivity index (χ1) is 9.77. The molecule has 4 aliphatic carbocycles. The Morgan fingerprint density at radius 2 is 1.05 bits per heavy atom. The van der Waals surface area contributed by atoms with E-state index in [2.05, 4.69) is 22.6 Å². The van der Waals surface area contributed by atoms with Crippen LogP contribution >= 0.6 is 22.6 Å². The Balaban J connectivity index is 2.19. The van der Waals surface area contributed by atoms with Gasteiger partial charge in [0.15, 0.2) is 0 Å². The van der Waals surface area contributed by atoms with Crippen LogP contribution in [0.1, 0.15) is 25.7 Å². The van der Waals surface area contributed by atoms with Gasteiger partial charge in [0.1, 0.15) is 0 Å². The van der Waals surface area contributed by atoms with Crippen LogP contribution in [0.25, 0.3) is 0 Å². The lowest BCUT2D eigenvalue weighted by atomic mass is 9.68. The maximum Gasteiger partial charge on any atom is 0.313 e. The minimum atomic E-state index is -0.968. The Morgan fingerprint density at radius 1 is 0.714 bits per heavy atom. The van der Waals surface area contributed by atoms with Gasteiger partial charge in [-0.25, -0.2) is 0 Å². The highest BCUT2D eigenvalue weighted by atomic mass is 127. The lowest BCUT2D eigenvalue weighted by Gasteiger charge is -2.35. The molecule has 0 heterocycles. The van der Waals surface area contributed by atoms with Crippen LogP contribution in [-0.4, -0.2) is 42.7 Å². The highest BCUT2D eigenvalue weighted by Gasteiger charge is 2.90. The molecular formula is C14H17IO6. The van der Waals surface area contributed by atoms with Crippen LogP contribution in [0.5, 0.6) is 0 Å².